The van der Waals surface area contributed by atoms with Gasteiger partial charge >= 0.3 is 0 Å². The van der Waals surface area contributed by atoms with Gasteiger partial charge in [-0.25, -0.2) is 0 Å². The molecule has 2 amide bonds. The van der Waals surface area contributed by atoms with E-state index < -0.39 is 5.41 Å². The fourth-order valence-electron chi connectivity index (χ4n) is 4.27. The van der Waals surface area contributed by atoms with Gasteiger partial charge in [-0.2, -0.15) is 0 Å². The lowest BCUT2D eigenvalue weighted by Crippen LogP contribution is -2.40. The maximum atomic E-state index is 13.6. The lowest BCUT2D eigenvalue weighted by molar-refractivity contribution is -0.142. The Morgan fingerprint density at radius 1 is 0.946 bits per heavy atom. The molecule has 6 nitrogen and oxygen atoms in total. The summed E-state index contributed by atoms with van der Waals surface area (Å²) in [7, 11) is 5.59. The van der Waals surface area contributed by atoms with E-state index in [4.69, 9.17) is 4.74 Å². The average molecular weight is 502 g/mol. The Balaban J connectivity index is 1.88. The summed E-state index contributed by atoms with van der Waals surface area (Å²) in [6.45, 7) is 8.32. The SMILES string of the molecule is COc1ccc(CC(=O)Nc2ccc(N(C)C)c(CN(C(=O)C(C)(C)C)[C@@H](C)c3ccccc3)c2)cc1. The van der Waals surface area contributed by atoms with E-state index >= 15 is 0 Å². The number of benzene rings is 3. The van der Waals surface area contributed by atoms with Crippen molar-refractivity contribution in [3.8, 4) is 5.75 Å². The first kappa shape index (κ1) is 27.8. The van der Waals surface area contributed by atoms with Crippen LogP contribution in [0.3, 0.4) is 0 Å². The van der Waals surface area contributed by atoms with Gasteiger partial charge in [-0.15, -0.1) is 0 Å². The number of nitrogens with one attached hydrogen (secondary N) is 1. The summed E-state index contributed by atoms with van der Waals surface area (Å²) in [5.41, 5.74) is 4.12. The highest BCUT2D eigenvalue weighted by atomic mass is 16.5. The van der Waals surface area contributed by atoms with Gasteiger partial charge in [-0.05, 0) is 53.9 Å². The van der Waals surface area contributed by atoms with Crippen LogP contribution in [0.4, 0.5) is 11.4 Å². The van der Waals surface area contributed by atoms with E-state index in [1.165, 1.54) is 0 Å². The first-order valence-electron chi connectivity index (χ1n) is 12.6. The van der Waals surface area contributed by atoms with Gasteiger partial charge in [0.1, 0.15) is 5.75 Å². The van der Waals surface area contributed by atoms with Crippen molar-refractivity contribution >= 4 is 23.2 Å². The molecule has 0 unspecified atom stereocenters. The largest absolute Gasteiger partial charge is 0.497 e. The molecular weight excluding hydrogens is 462 g/mol. The van der Waals surface area contributed by atoms with Crippen molar-refractivity contribution in [2.45, 2.75) is 46.7 Å². The third-order valence-electron chi connectivity index (χ3n) is 6.36. The van der Waals surface area contributed by atoms with Crippen molar-refractivity contribution in [1.82, 2.24) is 4.90 Å². The molecule has 0 aliphatic carbocycles. The van der Waals surface area contributed by atoms with E-state index in [-0.39, 0.29) is 24.3 Å². The number of methoxy groups -OCH3 is 1. The van der Waals surface area contributed by atoms with Crippen LogP contribution in [0.2, 0.25) is 0 Å². The molecule has 0 aromatic heterocycles. The van der Waals surface area contributed by atoms with Crippen molar-refractivity contribution in [1.29, 1.82) is 0 Å². The molecule has 0 radical (unpaired) electrons. The second kappa shape index (κ2) is 12.0. The Hall–Kier alpha value is -3.80. The number of carbonyl (C=O) groups excluding carboxylic acids is 2. The average Bonchev–Trinajstić information content (AvgIpc) is 2.86. The quantitative estimate of drug-likeness (QED) is 0.386. The summed E-state index contributed by atoms with van der Waals surface area (Å²) in [5.74, 6) is 0.726. The second-order valence-electron chi connectivity index (χ2n) is 10.6. The van der Waals surface area contributed by atoms with Crippen LogP contribution >= 0.6 is 0 Å². The molecule has 1 N–H and O–H groups in total. The van der Waals surface area contributed by atoms with Gasteiger partial charge in [-0.3, -0.25) is 9.59 Å². The highest BCUT2D eigenvalue weighted by Crippen LogP contribution is 2.32. The predicted octanol–water partition coefficient (Wildman–Crippen LogP) is 6.08. The molecule has 1 atom stereocenters. The van der Waals surface area contributed by atoms with Gasteiger partial charge in [0.15, 0.2) is 0 Å². The van der Waals surface area contributed by atoms with Crippen LogP contribution < -0.4 is 15.0 Å². The molecule has 3 rings (SSSR count). The maximum Gasteiger partial charge on any atom is 0.228 e. The fraction of sp³-hybridized carbons (Fsp3) is 0.355. The van der Waals surface area contributed by atoms with E-state index in [0.29, 0.717) is 12.2 Å². The summed E-state index contributed by atoms with van der Waals surface area (Å²) in [6.07, 6.45) is 0.258. The van der Waals surface area contributed by atoms with Crippen LogP contribution in [0, 0.1) is 5.41 Å². The lowest BCUT2D eigenvalue weighted by Gasteiger charge is -2.35. The number of amides is 2. The lowest BCUT2D eigenvalue weighted by atomic mass is 9.92. The minimum atomic E-state index is -0.536. The number of hydrogen-bond donors (Lipinski definition) is 1. The minimum absolute atomic E-state index is 0.0718. The second-order valence-corrected chi connectivity index (χ2v) is 10.6. The van der Waals surface area contributed by atoms with E-state index in [0.717, 1.165) is 28.1 Å². The normalized spacial score (nSPS) is 12.0. The van der Waals surface area contributed by atoms with Crippen LogP contribution in [0.1, 0.15) is 50.4 Å². The van der Waals surface area contributed by atoms with Crippen LogP contribution in [-0.2, 0) is 22.6 Å². The third-order valence-corrected chi connectivity index (χ3v) is 6.36. The summed E-state index contributed by atoms with van der Waals surface area (Å²) < 4.78 is 5.20. The number of carbonyl (C=O) groups is 2. The minimum Gasteiger partial charge on any atom is -0.497 e. The molecule has 37 heavy (non-hydrogen) atoms. The summed E-state index contributed by atoms with van der Waals surface area (Å²) in [5, 5.41) is 3.03. The topological polar surface area (TPSA) is 61.9 Å². The first-order chi connectivity index (χ1) is 17.5. The smallest absolute Gasteiger partial charge is 0.228 e. The van der Waals surface area contributed by atoms with Gasteiger partial charge in [0, 0.05) is 37.4 Å². The van der Waals surface area contributed by atoms with Gasteiger partial charge < -0.3 is 19.9 Å². The van der Waals surface area contributed by atoms with Crippen molar-refractivity contribution in [2.75, 3.05) is 31.4 Å². The van der Waals surface area contributed by atoms with Gasteiger partial charge in [0.2, 0.25) is 11.8 Å². The number of anilines is 2. The van der Waals surface area contributed by atoms with Crippen LogP contribution in [0.5, 0.6) is 5.75 Å². The zero-order valence-electron chi connectivity index (χ0n) is 23.0. The van der Waals surface area contributed by atoms with Gasteiger partial charge in [0.05, 0.1) is 19.6 Å². The number of rotatable bonds is 9. The van der Waals surface area contributed by atoms with E-state index in [1.54, 1.807) is 7.11 Å². The molecule has 0 heterocycles. The van der Waals surface area contributed by atoms with Gasteiger partial charge in [0.25, 0.3) is 0 Å². The number of ether oxygens (including phenoxy) is 1. The summed E-state index contributed by atoms with van der Waals surface area (Å²) >= 11 is 0. The number of nitrogens with zero attached hydrogens (tertiary/aromatic N) is 2. The molecule has 6 heteroatoms. The van der Waals surface area contributed by atoms with Crippen molar-refractivity contribution in [3.05, 3.63) is 89.5 Å². The zero-order chi connectivity index (χ0) is 27.2. The Kier molecular flexibility index (Phi) is 8.98. The Labute approximate surface area is 221 Å². The van der Waals surface area contributed by atoms with E-state index in [1.807, 2.05) is 105 Å². The standard InChI is InChI=1S/C31H39N3O3/c1-22(24-11-9-8-10-12-24)34(30(36)31(2,3)4)21-25-20-26(15-18-28(25)33(5)6)32-29(35)19-23-13-16-27(37-7)17-14-23/h8-18,20,22H,19,21H2,1-7H3,(H,32,35)/t22-/m0/s1. The molecule has 0 spiro atoms. The van der Waals surface area contributed by atoms with Crippen LogP contribution in [0.25, 0.3) is 0 Å². The Bertz CT molecular complexity index is 1200. The van der Waals surface area contributed by atoms with Crippen LogP contribution in [-0.4, -0.2) is 37.9 Å². The summed E-state index contributed by atoms with van der Waals surface area (Å²) in [4.78, 5) is 30.4. The van der Waals surface area contributed by atoms with Gasteiger partial charge in [-0.1, -0.05) is 63.2 Å². The molecule has 0 saturated carbocycles. The highest BCUT2D eigenvalue weighted by Gasteiger charge is 2.31. The third kappa shape index (κ3) is 7.35. The van der Waals surface area contributed by atoms with E-state index in [9.17, 15) is 9.59 Å². The molecular formula is C31H39N3O3. The van der Waals surface area contributed by atoms with Crippen LogP contribution in [0.15, 0.2) is 72.8 Å². The number of hydrogen-bond acceptors (Lipinski definition) is 4. The van der Waals surface area contributed by atoms with Crippen molar-refractivity contribution in [2.24, 2.45) is 5.41 Å². The predicted molar refractivity (Wildman–Crippen MR) is 151 cm³/mol. The van der Waals surface area contributed by atoms with Crippen molar-refractivity contribution in [3.63, 3.8) is 0 Å². The molecule has 0 bridgehead atoms. The summed E-state index contributed by atoms with van der Waals surface area (Å²) in [6, 6.07) is 23.3. The molecule has 3 aromatic rings. The Morgan fingerprint density at radius 2 is 1.59 bits per heavy atom. The first-order valence-corrected chi connectivity index (χ1v) is 12.6. The molecule has 0 aliphatic heterocycles. The molecule has 0 fully saturated rings. The zero-order valence-corrected chi connectivity index (χ0v) is 23.0. The monoisotopic (exact) mass is 501 g/mol. The molecule has 0 saturated heterocycles. The maximum absolute atomic E-state index is 13.6. The Morgan fingerprint density at radius 3 is 2.16 bits per heavy atom. The molecule has 0 aliphatic rings. The van der Waals surface area contributed by atoms with Crippen molar-refractivity contribution < 1.29 is 14.3 Å². The molecule has 3 aromatic carbocycles. The molecule has 196 valence electrons. The fourth-order valence-corrected chi connectivity index (χ4v) is 4.27. The van der Waals surface area contributed by atoms with E-state index in [2.05, 4.69) is 24.4 Å². The highest BCUT2D eigenvalue weighted by molar-refractivity contribution is 5.92.